The topological polar surface area (TPSA) is 49.8 Å². The molecule has 1 aliphatic rings. The van der Waals surface area contributed by atoms with Gasteiger partial charge in [0.1, 0.15) is 12.4 Å². The summed E-state index contributed by atoms with van der Waals surface area (Å²) < 4.78 is 5.83. The average Bonchev–Trinajstić information content (AvgIpc) is 2.67. The lowest BCUT2D eigenvalue weighted by molar-refractivity contribution is -0.143. The van der Waals surface area contributed by atoms with Crippen molar-refractivity contribution in [3.63, 3.8) is 0 Å². The minimum Gasteiger partial charge on any atom is -0.489 e. The number of carboxylic acids is 1. The van der Waals surface area contributed by atoms with Crippen molar-refractivity contribution in [1.82, 2.24) is 4.90 Å². The summed E-state index contributed by atoms with van der Waals surface area (Å²) in [7, 11) is 0. The third-order valence-corrected chi connectivity index (χ3v) is 5.04. The van der Waals surface area contributed by atoms with Crippen LogP contribution in [0.25, 0.3) is 0 Å². The van der Waals surface area contributed by atoms with E-state index in [1.54, 1.807) is 0 Å². The largest absolute Gasteiger partial charge is 0.489 e. The molecule has 1 aliphatic heterocycles. The van der Waals surface area contributed by atoms with Gasteiger partial charge in [0.15, 0.2) is 0 Å². The molecule has 4 nitrogen and oxygen atoms in total. The van der Waals surface area contributed by atoms with Crippen molar-refractivity contribution in [2.75, 3.05) is 13.1 Å². The van der Waals surface area contributed by atoms with Crippen LogP contribution in [0.1, 0.15) is 36.9 Å². The van der Waals surface area contributed by atoms with Crippen LogP contribution in [0.3, 0.4) is 0 Å². The Morgan fingerprint density at radius 1 is 1.12 bits per heavy atom. The van der Waals surface area contributed by atoms with E-state index in [1.165, 1.54) is 5.56 Å². The van der Waals surface area contributed by atoms with Crippen LogP contribution in [0.15, 0.2) is 54.6 Å². The molecule has 1 saturated heterocycles. The molecule has 25 heavy (non-hydrogen) atoms. The molecule has 2 aromatic rings. The highest BCUT2D eigenvalue weighted by Gasteiger charge is 2.27. The standard InChI is InChI=1S/C21H25NO3/c1-16(22-13-11-19(12-14-22)21(23)24)18-7-9-20(10-8-18)25-15-17-5-3-2-4-6-17/h2-10,16,19H,11-15H2,1H3,(H,23,24). The molecule has 1 fully saturated rings. The van der Waals surface area contributed by atoms with Crippen LogP contribution in [-0.4, -0.2) is 29.1 Å². The molecular weight excluding hydrogens is 314 g/mol. The maximum Gasteiger partial charge on any atom is 0.306 e. The number of piperidine rings is 1. The quantitative estimate of drug-likeness (QED) is 0.860. The number of nitrogens with zero attached hydrogens (tertiary/aromatic N) is 1. The summed E-state index contributed by atoms with van der Waals surface area (Å²) in [6, 6.07) is 18.7. The Morgan fingerprint density at radius 3 is 2.36 bits per heavy atom. The summed E-state index contributed by atoms with van der Waals surface area (Å²) in [4.78, 5) is 13.4. The zero-order valence-electron chi connectivity index (χ0n) is 14.6. The fraction of sp³-hybridized carbons (Fsp3) is 0.381. The van der Waals surface area contributed by atoms with Gasteiger partial charge >= 0.3 is 5.97 Å². The summed E-state index contributed by atoms with van der Waals surface area (Å²) >= 11 is 0. The first-order valence-corrected chi connectivity index (χ1v) is 8.87. The van der Waals surface area contributed by atoms with Crippen molar-refractivity contribution in [2.24, 2.45) is 5.92 Å². The van der Waals surface area contributed by atoms with Gasteiger partial charge in [0, 0.05) is 6.04 Å². The average molecular weight is 339 g/mol. The SMILES string of the molecule is CC(c1ccc(OCc2ccccc2)cc1)N1CCC(C(=O)O)CC1. The number of carboxylic acid groups (broad SMARTS) is 1. The van der Waals surface area contributed by atoms with Crippen LogP contribution in [-0.2, 0) is 11.4 Å². The molecular formula is C21H25NO3. The monoisotopic (exact) mass is 339 g/mol. The van der Waals surface area contributed by atoms with Gasteiger partial charge in [-0.05, 0) is 56.1 Å². The van der Waals surface area contributed by atoms with Gasteiger partial charge in [-0.1, -0.05) is 42.5 Å². The molecule has 132 valence electrons. The van der Waals surface area contributed by atoms with Crippen molar-refractivity contribution in [3.8, 4) is 5.75 Å². The predicted molar refractivity (Wildman–Crippen MR) is 97.6 cm³/mol. The first-order valence-electron chi connectivity index (χ1n) is 8.87. The first-order chi connectivity index (χ1) is 12.1. The molecule has 0 radical (unpaired) electrons. The van der Waals surface area contributed by atoms with E-state index in [1.807, 2.05) is 30.3 Å². The molecule has 1 unspecified atom stereocenters. The van der Waals surface area contributed by atoms with E-state index in [4.69, 9.17) is 9.84 Å². The van der Waals surface area contributed by atoms with E-state index in [2.05, 4.69) is 36.1 Å². The number of benzene rings is 2. The summed E-state index contributed by atoms with van der Waals surface area (Å²) in [6.45, 7) is 4.42. The predicted octanol–water partition coefficient (Wildman–Crippen LogP) is 4.12. The lowest BCUT2D eigenvalue weighted by atomic mass is 9.95. The zero-order valence-corrected chi connectivity index (χ0v) is 14.6. The Kier molecular flexibility index (Phi) is 5.71. The molecule has 3 rings (SSSR count). The Labute approximate surface area is 149 Å². The molecule has 0 bridgehead atoms. The molecule has 0 aromatic heterocycles. The summed E-state index contributed by atoms with van der Waals surface area (Å²) in [6.07, 6.45) is 1.47. The summed E-state index contributed by atoms with van der Waals surface area (Å²) in [5.41, 5.74) is 2.39. The highest BCUT2D eigenvalue weighted by Crippen LogP contribution is 2.28. The van der Waals surface area contributed by atoms with Gasteiger partial charge in [0.25, 0.3) is 0 Å². The van der Waals surface area contributed by atoms with E-state index < -0.39 is 5.97 Å². The van der Waals surface area contributed by atoms with E-state index in [-0.39, 0.29) is 12.0 Å². The minimum absolute atomic E-state index is 0.183. The Hall–Kier alpha value is -2.33. The maximum absolute atomic E-state index is 11.1. The number of aliphatic carboxylic acids is 1. The van der Waals surface area contributed by atoms with E-state index >= 15 is 0 Å². The van der Waals surface area contributed by atoms with Crippen LogP contribution < -0.4 is 4.74 Å². The number of hydrogen-bond donors (Lipinski definition) is 1. The Balaban J connectivity index is 1.54. The fourth-order valence-electron chi connectivity index (χ4n) is 3.33. The molecule has 1 N–H and O–H groups in total. The maximum atomic E-state index is 11.1. The van der Waals surface area contributed by atoms with Crippen LogP contribution in [0.5, 0.6) is 5.75 Å². The van der Waals surface area contributed by atoms with Gasteiger partial charge in [0.05, 0.1) is 5.92 Å². The molecule has 1 heterocycles. The number of hydrogen-bond acceptors (Lipinski definition) is 3. The highest BCUT2D eigenvalue weighted by atomic mass is 16.5. The Morgan fingerprint density at radius 2 is 1.76 bits per heavy atom. The van der Waals surface area contributed by atoms with Crippen LogP contribution in [0.4, 0.5) is 0 Å². The molecule has 0 saturated carbocycles. The number of ether oxygens (including phenoxy) is 1. The zero-order chi connectivity index (χ0) is 17.6. The smallest absolute Gasteiger partial charge is 0.306 e. The minimum atomic E-state index is -0.660. The van der Waals surface area contributed by atoms with Crippen molar-refractivity contribution in [3.05, 3.63) is 65.7 Å². The second-order valence-corrected chi connectivity index (χ2v) is 6.67. The van der Waals surface area contributed by atoms with Crippen molar-refractivity contribution >= 4 is 5.97 Å². The highest BCUT2D eigenvalue weighted by molar-refractivity contribution is 5.70. The Bertz CT molecular complexity index is 676. The third kappa shape index (κ3) is 4.60. The lowest BCUT2D eigenvalue weighted by Gasteiger charge is -2.35. The van der Waals surface area contributed by atoms with E-state index in [9.17, 15) is 4.79 Å². The summed E-state index contributed by atoms with van der Waals surface area (Å²) in [5.74, 6) is 0.0221. The van der Waals surface area contributed by atoms with Gasteiger partial charge in [-0.25, -0.2) is 0 Å². The van der Waals surface area contributed by atoms with Crippen LogP contribution in [0.2, 0.25) is 0 Å². The molecule has 0 aliphatic carbocycles. The van der Waals surface area contributed by atoms with E-state index in [0.717, 1.165) is 37.2 Å². The van der Waals surface area contributed by atoms with Gasteiger partial charge < -0.3 is 9.84 Å². The second-order valence-electron chi connectivity index (χ2n) is 6.67. The van der Waals surface area contributed by atoms with Crippen molar-refractivity contribution < 1.29 is 14.6 Å². The summed E-state index contributed by atoms with van der Waals surface area (Å²) in [5, 5.41) is 9.11. The molecule has 4 heteroatoms. The second kappa shape index (κ2) is 8.17. The normalized spacial score (nSPS) is 17.2. The van der Waals surface area contributed by atoms with Crippen LogP contribution >= 0.6 is 0 Å². The number of rotatable bonds is 6. The van der Waals surface area contributed by atoms with Gasteiger partial charge in [-0.15, -0.1) is 0 Å². The molecule has 2 aromatic carbocycles. The fourth-order valence-corrected chi connectivity index (χ4v) is 3.33. The lowest BCUT2D eigenvalue weighted by Crippen LogP contribution is -2.37. The molecule has 1 atom stereocenters. The van der Waals surface area contributed by atoms with Gasteiger partial charge in [-0.2, -0.15) is 0 Å². The number of carbonyl (C=O) groups is 1. The van der Waals surface area contributed by atoms with Crippen molar-refractivity contribution in [2.45, 2.75) is 32.4 Å². The van der Waals surface area contributed by atoms with Gasteiger partial charge in [-0.3, -0.25) is 9.69 Å². The van der Waals surface area contributed by atoms with Gasteiger partial charge in [0.2, 0.25) is 0 Å². The van der Waals surface area contributed by atoms with Crippen LogP contribution in [0, 0.1) is 5.92 Å². The first kappa shape index (κ1) is 17.5. The molecule has 0 amide bonds. The molecule has 0 spiro atoms. The van der Waals surface area contributed by atoms with Crippen molar-refractivity contribution in [1.29, 1.82) is 0 Å². The third-order valence-electron chi connectivity index (χ3n) is 5.04. The number of likely N-dealkylation sites (tertiary alicyclic amines) is 1. The van der Waals surface area contributed by atoms with E-state index in [0.29, 0.717) is 6.61 Å².